The molecule has 0 aliphatic carbocycles. The minimum absolute atomic E-state index is 0.256. The lowest BCUT2D eigenvalue weighted by Crippen LogP contribution is -2.26. The Bertz CT molecular complexity index is 977. The van der Waals surface area contributed by atoms with Gasteiger partial charge in [0.2, 0.25) is 0 Å². The Morgan fingerprint density at radius 2 is 1.69 bits per heavy atom. The fraction of sp³-hybridized carbons (Fsp3) is 0.211. The Morgan fingerprint density at radius 3 is 2.27 bits per heavy atom. The van der Waals surface area contributed by atoms with Crippen molar-refractivity contribution in [2.45, 2.75) is 25.3 Å². The van der Waals surface area contributed by atoms with Crippen LogP contribution in [-0.4, -0.2) is 20.6 Å². The van der Waals surface area contributed by atoms with E-state index in [0.29, 0.717) is 17.2 Å². The summed E-state index contributed by atoms with van der Waals surface area (Å²) < 4.78 is 37.4. The Kier molecular flexibility index (Phi) is 4.99. The maximum atomic E-state index is 12.7. The number of nitrogens with zero attached hydrogens (tertiary/aromatic N) is 2. The van der Waals surface area contributed by atoms with Crippen LogP contribution < -0.4 is 9.04 Å². The van der Waals surface area contributed by atoms with Crippen molar-refractivity contribution in [3.8, 4) is 5.75 Å². The molecule has 3 rings (SSSR count). The van der Waals surface area contributed by atoms with Gasteiger partial charge >= 0.3 is 0 Å². The quantitative estimate of drug-likeness (QED) is 0.660. The van der Waals surface area contributed by atoms with Crippen LogP contribution in [0.1, 0.15) is 17.0 Å². The predicted octanol–water partition coefficient (Wildman–Crippen LogP) is 3.70. The van der Waals surface area contributed by atoms with E-state index in [9.17, 15) is 8.42 Å². The van der Waals surface area contributed by atoms with Crippen LogP contribution in [0.25, 0.3) is 0 Å². The third-order valence-electron chi connectivity index (χ3n) is 3.94. The summed E-state index contributed by atoms with van der Waals surface area (Å²) in [5, 5.41) is 3.80. The van der Waals surface area contributed by atoms with Crippen molar-refractivity contribution >= 4 is 15.7 Å². The van der Waals surface area contributed by atoms with E-state index in [2.05, 4.69) is 5.16 Å². The minimum atomic E-state index is -3.60. The number of aromatic nitrogens is 1. The van der Waals surface area contributed by atoms with Gasteiger partial charge < -0.3 is 9.26 Å². The van der Waals surface area contributed by atoms with Crippen LogP contribution in [0.3, 0.4) is 0 Å². The SMILES string of the molecule is Cc1ccc(S(=O)(=O)N(C)c2ccc(OCc3cc(C)no3)cc2)cc1. The third kappa shape index (κ3) is 3.88. The standard InChI is InChI=1S/C19H20N2O4S/c1-14-4-10-19(11-5-14)26(22,23)21(3)16-6-8-17(9-7-16)24-13-18-12-15(2)20-25-18/h4-12H,13H2,1-3H3. The summed E-state index contributed by atoms with van der Waals surface area (Å²) >= 11 is 0. The van der Waals surface area contributed by atoms with Gasteiger partial charge in [-0.2, -0.15) is 0 Å². The number of hydrogen-bond donors (Lipinski definition) is 0. The number of hydrogen-bond acceptors (Lipinski definition) is 5. The summed E-state index contributed by atoms with van der Waals surface area (Å²) in [7, 11) is -2.07. The number of sulfonamides is 1. The summed E-state index contributed by atoms with van der Waals surface area (Å²) in [6.07, 6.45) is 0. The van der Waals surface area contributed by atoms with Gasteiger partial charge in [-0.15, -0.1) is 0 Å². The molecule has 1 aromatic heterocycles. The highest BCUT2D eigenvalue weighted by Crippen LogP contribution is 2.25. The Morgan fingerprint density at radius 1 is 1.04 bits per heavy atom. The summed E-state index contributed by atoms with van der Waals surface area (Å²) in [4.78, 5) is 0.256. The summed E-state index contributed by atoms with van der Waals surface area (Å²) in [5.41, 5.74) is 2.35. The Balaban J connectivity index is 1.71. The first-order valence-electron chi connectivity index (χ1n) is 8.07. The first-order valence-corrected chi connectivity index (χ1v) is 9.51. The lowest BCUT2D eigenvalue weighted by Gasteiger charge is -2.20. The van der Waals surface area contributed by atoms with E-state index in [4.69, 9.17) is 9.26 Å². The van der Waals surface area contributed by atoms with Crippen LogP contribution >= 0.6 is 0 Å². The second-order valence-corrected chi connectivity index (χ2v) is 7.97. The van der Waals surface area contributed by atoms with Crippen LogP contribution in [-0.2, 0) is 16.6 Å². The maximum absolute atomic E-state index is 12.7. The van der Waals surface area contributed by atoms with Crippen LogP contribution in [0.2, 0.25) is 0 Å². The zero-order valence-corrected chi connectivity index (χ0v) is 15.7. The van der Waals surface area contributed by atoms with Gasteiger partial charge in [-0.25, -0.2) is 8.42 Å². The van der Waals surface area contributed by atoms with Gasteiger partial charge in [-0.05, 0) is 50.2 Å². The highest BCUT2D eigenvalue weighted by Gasteiger charge is 2.21. The molecule has 0 saturated carbocycles. The van der Waals surface area contributed by atoms with E-state index in [1.807, 2.05) is 13.8 Å². The molecule has 136 valence electrons. The normalized spacial score (nSPS) is 11.3. The third-order valence-corrected chi connectivity index (χ3v) is 5.74. The lowest BCUT2D eigenvalue weighted by molar-refractivity contribution is 0.249. The number of anilines is 1. The van der Waals surface area contributed by atoms with Gasteiger partial charge in [0.05, 0.1) is 16.3 Å². The molecule has 26 heavy (non-hydrogen) atoms. The van der Waals surface area contributed by atoms with Crippen molar-refractivity contribution in [1.82, 2.24) is 5.16 Å². The van der Waals surface area contributed by atoms with Crippen LogP contribution in [0.5, 0.6) is 5.75 Å². The van der Waals surface area contributed by atoms with Gasteiger partial charge in [0, 0.05) is 13.1 Å². The molecule has 6 nitrogen and oxygen atoms in total. The minimum Gasteiger partial charge on any atom is -0.486 e. The Hall–Kier alpha value is -2.80. The van der Waals surface area contributed by atoms with Crippen LogP contribution in [0.15, 0.2) is 64.0 Å². The number of rotatable bonds is 6. The summed E-state index contributed by atoms with van der Waals surface area (Å²) in [5.74, 6) is 1.24. The fourth-order valence-electron chi connectivity index (χ4n) is 2.40. The average molecular weight is 372 g/mol. The van der Waals surface area contributed by atoms with Gasteiger partial charge in [0.1, 0.15) is 12.4 Å². The monoisotopic (exact) mass is 372 g/mol. The molecular weight excluding hydrogens is 352 g/mol. The number of benzene rings is 2. The van der Waals surface area contributed by atoms with E-state index in [-0.39, 0.29) is 11.5 Å². The van der Waals surface area contributed by atoms with Gasteiger partial charge in [0.25, 0.3) is 10.0 Å². The van der Waals surface area contributed by atoms with Crippen molar-refractivity contribution in [2.24, 2.45) is 0 Å². The van der Waals surface area contributed by atoms with Gasteiger partial charge in [-0.3, -0.25) is 4.31 Å². The topological polar surface area (TPSA) is 72.6 Å². The van der Waals surface area contributed by atoms with E-state index in [1.54, 1.807) is 54.6 Å². The second-order valence-electron chi connectivity index (χ2n) is 6.00. The molecular formula is C19H20N2O4S. The molecule has 0 bridgehead atoms. The highest BCUT2D eigenvalue weighted by molar-refractivity contribution is 7.92. The first kappa shape index (κ1) is 18.0. The Labute approximate surface area is 153 Å². The van der Waals surface area contributed by atoms with Crippen molar-refractivity contribution in [3.05, 3.63) is 71.6 Å². The van der Waals surface area contributed by atoms with E-state index in [1.165, 1.54) is 11.4 Å². The van der Waals surface area contributed by atoms with Crippen molar-refractivity contribution in [3.63, 3.8) is 0 Å². The molecule has 1 heterocycles. The molecule has 0 N–H and O–H groups in total. The molecule has 0 amide bonds. The largest absolute Gasteiger partial charge is 0.486 e. The van der Waals surface area contributed by atoms with Crippen molar-refractivity contribution in [1.29, 1.82) is 0 Å². The maximum Gasteiger partial charge on any atom is 0.264 e. The molecule has 3 aromatic rings. The molecule has 2 aromatic carbocycles. The molecule has 0 radical (unpaired) electrons. The predicted molar refractivity (Wildman–Crippen MR) is 98.8 cm³/mol. The molecule has 0 fully saturated rings. The van der Waals surface area contributed by atoms with Crippen LogP contribution in [0.4, 0.5) is 5.69 Å². The highest BCUT2D eigenvalue weighted by atomic mass is 32.2. The molecule has 7 heteroatoms. The lowest BCUT2D eigenvalue weighted by atomic mass is 10.2. The molecule has 0 aliphatic heterocycles. The molecule has 0 atom stereocenters. The van der Waals surface area contributed by atoms with Crippen molar-refractivity contribution in [2.75, 3.05) is 11.4 Å². The second kappa shape index (κ2) is 7.21. The van der Waals surface area contributed by atoms with Gasteiger partial charge in [-0.1, -0.05) is 22.9 Å². The number of ether oxygens (including phenoxy) is 1. The van der Waals surface area contributed by atoms with Gasteiger partial charge in [0.15, 0.2) is 5.76 Å². The fourth-order valence-corrected chi connectivity index (χ4v) is 3.59. The average Bonchev–Trinajstić information content (AvgIpc) is 3.05. The van der Waals surface area contributed by atoms with Crippen molar-refractivity contribution < 1.29 is 17.7 Å². The molecule has 0 saturated heterocycles. The molecule has 0 unspecified atom stereocenters. The molecule has 0 spiro atoms. The van der Waals surface area contributed by atoms with E-state index in [0.717, 1.165) is 11.3 Å². The van der Waals surface area contributed by atoms with E-state index >= 15 is 0 Å². The van der Waals surface area contributed by atoms with E-state index < -0.39 is 10.0 Å². The summed E-state index contributed by atoms with van der Waals surface area (Å²) in [6.45, 7) is 4.02. The van der Waals surface area contributed by atoms with Crippen LogP contribution in [0, 0.1) is 13.8 Å². The first-order chi connectivity index (χ1) is 12.4. The zero-order valence-electron chi connectivity index (χ0n) is 14.8. The summed E-state index contributed by atoms with van der Waals surface area (Å²) in [6, 6.07) is 15.4. The zero-order chi connectivity index (χ0) is 18.7. The number of aryl methyl sites for hydroxylation is 2. The smallest absolute Gasteiger partial charge is 0.264 e. The molecule has 0 aliphatic rings.